The van der Waals surface area contributed by atoms with Gasteiger partial charge in [0, 0.05) is 25.2 Å². The third-order valence-electron chi connectivity index (χ3n) is 3.62. The molecule has 2 saturated heterocycles. The zero-order valence-electron chi connectivity index (χ0n) is 10.9. The van der Waals surface area contributed by atoms with Crippen molar-refractivity contribution >= 4 is 0 Å². The molecule has 17 heavy (non-hydrogen) atoms. The van der Waals surface area contributed by atoms with Crippen molar-refractivity contribution in [2.24, 2.45) is 0 Å². The molecule has 4 nitrogen and oxygen atoms in total. The van der Waals surface area contributed by atoms with E-state index in [1.807, 2.05) is 0 Å². The molecule has 2 aliphatic rings. The molecule has 2 rings (SSSR count). The molecule has 2 N–H and O–H groups in total. The van der Waals surface area contributed by atoms with Gasteiger partial charge in [-0.15, -0.1) is 0 Å². The van der Waals surface area contributed by atoms with Crippen molar-refractivity contribution in [3.63, 3.8) is 0 Å². The maximum Gasteiger partial charge on any atom is 0.0620 e. The minimum Gasteiger partial charge on any atom is -0.379 e. The Bertz CT molecular complexity index is 202. The van der Waals surface area contributed by atoms with Crippen LogP contribution in [0.3, 0.4) is 0 Å². The quantitative estimate of drug-likeness (QED) is 0.726. The molecule has 0 bridgehead atoms. The number of ether oxygens (including phenoxy) is 2. The van der Waals surface area contributed by atoms with Crippen LogP contribution in [0.2, 0.25) is 0 Å². The van der Waals surface area contributed by atoms with Crippen LogP contribution in [-0.4, -0.2) is 51.1 Å². The summed E-state index contributed by atoms with van der Waals surface area (Å²) in [5, 5.41) is 7.07. The first-order valence-corrected chi connectivity index (χ1v) is 7.00. The van der Waals surface area contributed by atoms with Gasteiger partial charge in [0.05, 0.1) is 19.3 Å². The van der Waals surface area contributed by atoms with E-state index in [-0.39, 0.29) is 0 Å². The summed E-state index contributed by atoms with van der Waals surface area (Å²) < 4.78 is 11.1. The van der Waals surface area contributed by atoms with Gasteiger partial charge >= 0.3 is 0 Å². The molecule has 0 radical (unpaired) electrons. The fraction of sp³-hybridized carbons (Fsp3) is 1.00. The van der Waals surface area contributed by atoms with Gasteiger partial charge in [-0.1, -0.05) is 0 Å². The lowest BCUT2D eigenvalue weighted by atomic mass is 10.1. The molecule has 0 aliphatic carbocycles. The van der Waals surface area contributed by atoms with E-state index < -0.39 is 0 Å². The predicted octanol–water partition coefficient (Wildman–Crippen LogP) is 0.912. The highest BCUT2D eigenvalue weighted by atomic mass is 16.5. The Morgan fingerprint density at radius 3 is 3.06 bits per heavy atom. The average Bonchev–Trinajstić information content (AvgIpc) is 2.83. The number of nitrogens with one attached hydrogen (secondary N) is 2. The third-order valence-corrected chi connectivity index (χ3v) is 3.62. The molecule has 2 fully saturated rings. The van der Waals surface area contributed by atoms with Gasteiger partial charge in [-0.2, -0.15) is 0 Å². The molecule has 4 heteroatoms. The van der Waals surface area contributed by atoms with Crippen LogP contribution in [0.25, 0.3) is 0 Å². The van der Waals surface area contributed by atoms with E-state index in [4.69, 9.17) is 9.47 Å². The first kappa shape index (κ1) is 13.3. The third kappa shape index (κ3) is 4.92. The Morgan fingerprint density at radius 1 is 1.41 bits per heavy atom. The summed E-state index contributed by atoms with van der Waals surface area (Å²) in [5.74, 6) is 0. The Labute approximate surface area is 104 Å². The molecular weight excluding hydrogens is 216 g/mol. The van der Waals surface area contributed by atoms with Gasteiger partial charge in [0.25, 0.3) is 0 Å². The largest absolute Gasteiger partial charge is 0.379 e. The standard InChI is InChI=1S/C13H26N2O2/c1-11(9-12-10-16-8-6-15-12)14-5-4-13-3-2-7-17-13/h11-15H,2-10H2,1H3. The fourth-order valence-electron chi connectivity index (χ4n) is 2.64. The van der Waals surface area contributed by atoms with Crippen LogP contribution in [0, 0.1) is 0 Å². The smallest absolute Gasteiger partial charge is 0.0620 e. The van der Waals surface area contributed by atoms with Crippen molar-refractivity contribution in [2.45, 2.75) is 50.8 Å². The summed E-state index contributed by atoms with van der Waals surface area (Å²) in [7, 11) is 0. The van der Waals surface area contributed by atoms with Gasteiger partial charge in [-0.3, -0.25) is 0 Å². The van der Waals surface area contributed by atoms with Crippen molar-refractivity contribution in [1.82, 2.24) is 10.6 Å². The van der Waals surface area contributed by atoms with Crippen molar-refractivity contribution in [3.8, 4) is 0 Å². The van der Waals surface area contributed by atoms with Gasteiger partial charge in [-0.25, -0.2) is 0 Å². The molecule has 0 saturated carbocycles. The molecule has 0 aromatic carbocycles. The van der Waals surface area contributed by atoms with Crippen LogP contribution in [0.4, 0.5) is 0 Å². The van der Waals surface area contributed by atoms with Gasteiger partial charge in [0.2, 0.25) is 0 Å². The highest BCUT2D eigenvalue weighted by Gasteiger charge is 2.17. The lowest BCUT2D eigenvalue weighted by molar-refractivity contribution is 0.0706. The topological polar surface area (TPSA) is 42.5 Å². The molecule has 3 unspecified atom stereocenters. The number of rotatable bonds is 6. The second-order valence-corrected chi connectivity index (χ2v) is 5.24. The van der Waals surface area contributed by atoms with E-state index in [0.29, 0.717) is 18.2 Å². The van der Waals surface area contributed by atoms with Crippen molar-refractivity contribution in [2.75, 3.05) is 32.9 Å². The highest BCUT2D eigenvalue weighted by Crippen LogP contribution is 2.14. The first-order chi connectivity index (χ1) is 8.34. The molecule has 2 aliphatic heterocycles. The second-order valence-electron chi connectivity index (χ2n) is 5.24. The van der Waals surface area contributed by atoms with Crippen molar-refractivity contribution in [1.29, 1.82) is 0 Å². The summed E-state index contributed by atoms with van der Waals surface area (Å²) in [4.78, 5) is 0. The second kappa shape index (κ2) is 7.31. The molecule has 0 spiro atoms. The monoisotopic (exact) mass is 242 g/mol. The Morgan fingerprint density at radius 2 is 2.35 bits per heavy atom. The first-order valence-electron chi connectivity index (χ1n) is 7.00. The average molecular weight is 242 g/mol. The summed E-state index contributed by atoms with van der Waals surface area (Å²) >= 11 is 0. The Hall–Kier alpha value is -0.160. The maximum atomic E-state index is 5.61. The molecule has 0 amide bonds. The van der Waals surface area contributed by atoms with Crippen LogP contribution in [0.5, 0.6) is 0 Å². The summed E-state index contributed by atoms with van der Waals surface area (Å²) in [6.45, 7) is 7.00. The van der Waals surface area contributed by atoms with Crippen molar-refractivity contribution < 1.29 is 9.47 Å². The van der Waals surface area contributed by atoms with Crippen LogP contribution < -0.4 is 10.6 Å². The molecule has 2 heterocycles. The van der Waals surface area contributed by atoms with Gasteiger partial charge < -0.3 is 20.1 Å². The number of morpholine rings is 1. The molecule has 3 atom stereocenters. The van der Waals surface area contributed by atoms with Crippen LogP contribution in [-0.2, 0) is 9.47 Å². The summed E-state index contributed by atoms with van der Waals surface area (Å²) in [5.41, 5.74) is 0. The van der Waals surface area contributed by atoms with Crippen LogP contribution in [0.15, 0.2) is 0 Å². The fourth-order valence-corrected chi connectivity index (χ4v) is 2.64. The lowest BCUT2D eigenvalue weighted by Crippen LogP contribution is -2.45. The summed E-state index contributed by atoms with van der Waals surface area (Å²) in [6.07, 6.45) is 5.29. The predicted molar refractivity (Wildman–Crippen MR) is 68.3 cm³/mol. The molecule has 0 aromatic heterocycles. The van der Waals surface area contributed by atoms with Crippen LogP contribution >= 0.6 is 0 Å². The Balaban J connectivity index is 1.52. The van der Waals surface area contributed by atoms with Crippen molar-refractivity contribution in [3.05, 3.63) is 0 Å². The highest BCUT2D eigenvalue weighted by molar-refractivity contribution is 4.76. The number of hydrogen-bond acceptors (Lipinski definition) is 4. The molecule has 0 aromatic rings. The molecule has 100 valence electrons. The number of hydrogen-bond donors (Lipinski definition) is 2. The van der Waals surface area contributed by atoms with E-state index >= 15 is 0 Å². The normalized spacial score (nSPS) is 31.6. The van der Waals surface area contributed by atoms with Gasteiger partial charge in [-0.05, 0) is 39.2 Å². The van der Waals surface area contributed by atoms with E-state index in [0.717, 1.165) is 45.8 Å². The van der Waals surface area contributed by atoms with E-state index in [1.165, 1.54) is 12.8 Å². The van der Waals surface area contributed by atoms with E-state index in [9.17, 15) is 0 Å². The summed E-state index contributed by atoms with van der Waals surface area (Å²) in [6, 6.07) is 1.07. The van der Waals surface area contributed by atoms with Crippen LogP contribution in [0.1, 0.15) is 32.6 Å². The Kier molecular flexibility index (Phi) is 5.71. The lowest BCUT2D eigenvalue weighted by Gasteiger charge is -2.27. The van der Waals surface area contributed by atoms with E-state index in [2.05, 4.69) is 17.6 Å². The van der Waals surface area contributed by atoms with Gasteiger partial charge in [0.1, 0.15) is 0 Å². The van der Waals surface area contributed by atoms with E-state index in [1.54, 1.807) is 0 Å². The zero-order chi connectivity index (χ0) is 11.9. The minimum atomic E-state index is 0.505. The molecular formula is C13H26N2O2. The SMILES string of the molecule is CC(CC1COCCN1)NCCC1CCCO1. The minimum absolute atomic E-state index is 0.505. The maximum absolute atomic E-state index is 5.61. The van der Waals surface area contributed by atoms with Gasteiger partial charge in [0.15, 0.2) is 0 Å². The zero-order valence-corrected chi connectivity index (χ0v) is 10.9.